The van der Waals surface area contributed by atoms with E-state index in [1.165, 1.54) is 11.3 Å². The number of nitrogens with one attached hydrogen (secondary N) is 1. The van der Waals surface area contributed by atoms with Crippen molar-refractivity contribution in [3.63, 3.8) is 0 Å². The number of hydrogen-bond acceptors (Lipinski definition) is 3. The second kappa shape index (κ2) is 6.65. The molecule has 0 bridgehead atoms. The Labute approximate surface area is 132 Å². The highest BCUT2D eigenvalue weighted by molar-refractivity contribution is 9.10. The highest BCUT2D eigenvalue weighted by Crippen LogP contribution is 2.28. The third-order valence-electron chi connectivity index (χ3n) is 2.48. The Morgan fingerprint density at radius 2 is 2.11 bits per heavy atom. The van der Waals surface area contributed by atoms with Gasteiger partial charge in [-0.2, -0.15) is 0 Å². The van der Waals surface area contributed by atoms with Crippen LogP contribution >= 0.6 is 43.2 Å². The molecule has 6 heteroatoms. The smallest absolute Gasteiger partial charge is 0.266 e. The Bertz CT molecular complexity index is 598. The number of halogens is 2. The fraction of sp³-hybridized carbons (Fsp3) is 0.154. The SMILES string of the molecule is COCc1c(Br)cccc1NC(=O)c1sccc1Br. The lowest BCUT2D eigenvalue weighted by atomic mass is 10.2. The molecule has 1 amide bonds. The van der Waals surface area contributed by atoms with Crippen molar-refractivity contribution in [3.8, 4) is 0 Å². The molecule has 1 aromatic heterocycles. The largest absolute Gasteiger partial charge is 0.380 e. The number of anilines is 1. The fourth-order valence-corrected chi connectivity index (χ4v) is 3.53. The number of ether oxygens (including phenoxy) is 1. The Kier molecular flexibility index (Phi) is 5.15. The number of hydrogen-bond donors (Lipinski definition) is 1. The van der Waals surface area contributed by atoms with Crippen LogP contribution in [0.1, 0.15) is 15.2 Å². The molecule has 3 nitrogen and oxygen atoms in total. The van der Waals surface area contributed by atoms with Gasteiger partial charge in [0.25, 0.3) is 5.91 Å². The van der Waals surface area contributed by atoms with E-state index in [4.69, 9.17) is 4.74 Å². The summed E-state index contributed by atoms with van der Waals surface area (Å²) in [6.07, 6.45) is 0. The van der Waals surface area contributed by atoms with Crippen LogP contribution in [0.2, 0.25) is 0 Å². The highest BCUT2D eigenvalue weighted by Gasteiger charge is 2.14. The number of amides is 1. The van der Waals surface area contributed by atoms with Crippen molar-refractivity contribution in [1.82, 2.24) is 0 Å². The number of methoxy groups -OCH3 is 1. The van der Waals surface area contributed by atoms with E-state index in [2.05, 4.69) is 37.2 Å². The summed E-state index contributed by atoms with van der Waals surface area (Å²) in [5.41, 5.74) is 1.67. The van der Waals surface area contributed by atoms with Gasteiger partial charge >= 0.3 is 0 Å². The minimum atomic E-state index is -0.127. The van der Waals surface area contributed by atoms with Crippen LogP contribution in [0.4, 0.5) is 5.69 Å². The summed E-state index contributed by atoms with van der Waals surface area (Å²) in [6, 6.07) is 7.52. The summed E-state index contributed by atoms with van der Waals surface area (Å²) in [5.74, 6) is -0.127. The number of carbonyl (C=O) groups is 1. The molecule has 19 heavy (non-hydrogen) atoms. The molecule has 1 aromatic carbocycles. The van der Waals surface area contributed by atoms with E-state index in [0.29, 0.717) is 11.5 Å². The van der Waals surface area contributed by atoms with Crippen molar-refractivity contribution in [2.24, 2.45) is 0 Å². The molecular formula is C13H11Br2NO2S. The number of rotatable bonds is 4. The first-order valence-corrected chi connectivity index (χ1v) is 7.90. The third-order valence-corrected chi connectivity index (χ3v) is 5.06. The first-order valence-electron chi connectivity index (χ1n) is 5.44. The van der Waals surface area contributed by atoms with Gasteiger partial charge in [-0.15, -0.1) is 11.3 Å². The Hall–Kier alpha value is -0.690. The van der Waals surface area contributed by atoms with E-state index in [1.807, 2.05) is 29.6 Å². The van der Waals surface area contributed by atoms with Crippen LogP contribution in [0.5, 0.6) is 0 Å². The van der Waals surface area contributed by atoms with Crippen LogP contribution in [-0.4, -0.2) is 13.0 Å². The second-order valence-corrected chi connectivity index (χ2v) is 6.38. The quantitative estimate of drug-likeness (QED) is 0.803. The van der Waals surface area contributed by atoms with Gasteiger partial charge in [0.2, 0.25) is 0 Å². The minimum absolute atomic E-state index is 0.127. The molecule has 2 aromatic rings. The normalized spacial score (nSPS) is 10.5. The van der Waals surface area contributed by atoms with Gasteiger partial charge in [-0.05, 0) is 39.5 Å². The summed E-state index contributed by atoms with van der Waals surface area (Å²) >= 11 is 8.22. The van der Waals surface area contributed by atoms with Crippen LogP contribution < -0.4 is 5.32 Å². The van der Waals surface area contributed by atoms with Crippen molar-refractivity contribution in [1.29, 1.82) is 0 Å². The van der Waals surface area contributed by atoms with E-state index in [0.717, 1.165) is 20.2 Å². The molecule has 0 saturated carbocycles. The Morgan fingerprint density at radius 1 is 1.32 bits per heavy atom. The van der Waals surface area contributed by atoms with E-state index >= 15 is 0 Å². The standard InChI is InChI=1S/C13H11Br2NO2S/c1-18-7-8-9(14)3-2-4-11(8)16-13(17)12-10(15)5-6-19-12/h2-6H,7H2,1H3,(H,16,17). The molecule has 0 radical (unpaired) electrons. The zero-order valence-electron chi connectivity index (χ0n) is 10.1. The van der Waals surface area contributed by atoms with Gasteiger partial charge in [0.1, 0.15) is 4.88 Å². The van der Waals surface area contributed by atoms with Gasteiger partial charge in [0, 0.05) is 27.3 Å². The molecule has 2 rings (SSSR count). The van der Waals surface area contributed by atoms with Crippen LogP contribution in [0.25, 0.3) is 0 Å². The van der Waals surface area contributed by atoms with E-state index in [-0.39, 0.29) is 5.91 Å². The Balaban J connectivity index is 2.26. The van der Waals surface area contributed by atoms with Gasteiger partial charge in [0.05, 0.1) is 6.61 Å². The van der Waals surface area contributed by atoms with Gasteiger partial charge < -0.3 is 10.1 Å². The van der Waals surface area contributed by atoms with Gasteiger partial charge in [-0.25, -0.2) is 0 Å². The first kappa shape index (κ1) is 14.7. The second-order valence-electron chi connectivity index (χ2n) is 3.75. The van der Waals surface area contributed by atoms with Crippen molar-refractivity contribution >= 4 is 54.8 Å². The zero-order chi connectivity index (χ0) is 13.8. The molecule has 0 unspecified atom stereocenters. The molecule has 0 atom stereocenters. The maximum absolute atomic E-state index is 12.2. The van der Waals surface area contributed by atoms with Gasteiger partial charge in [-0.3, -0.25) is 4.79 Å². The van der Waals surface area contributed by atoms with Crippen LogP contribution in [0.3, 0.4) is 0 Å². The zero-order valence-corrected chi connectivity index (χ0v) is 14.1. The predicted molar refractivity (Wildman–Crippen MR) is 84.8 cm³/mol. The molecular weight excluding hydrogens is 394 g/mol. The van der Waals surface area contributed by atoms with Gasteiger partial charge in [0.15, 0.2) is 0 Å². The van der Waals surface area contributed by atoms with Gasteiger partial charge in [-0.1, -0.05) is 22.0 Å². The first-order chi connectivity index (χ1) is 9.13. The highest BCUT2D eigenvalue weighted by atomic mass is 79.9. The molecule has 0 spiro atoms. The molecule has 0 fully saturated rings. The summed E-state index contributed by atoms with van der Waals surface area (Å²) in [5, 5.41) is 4.78. The molecule has 0 aliphatic heterocycles. The van der Waals surface area contributed by atoms with Crippen LogP contribution in [0.15, 0.2) is 38.6 Å². The molecule has 1 N–H and O–H groups in total. The van der Waals surface area contributed by atoms with E-state index in [1.54, 1.807) is 7.11 Å². The molecule has 0 aliphatic carbocycles. The molecule has 0 saturated heterocycles. The average Bonchev–Trinajstić information content (AvgIpc) is 2.80. The lowest BCUT2D eigenvalue weighted by Gasteiger charge is -2.12. The minimum Gasteiger partial charge on any atom is -0.380 e. The molecule has 100 valence electrons. The van der Waals surface area contributed by atoms with E-state index in [9.17, 15) is 4.79 Å². The lowest BCUT2D eigenvalue weighted by Crippen LogP contribution is -2.12. The summed E-state index contributed by atoms with van der Waals surface area (Å²) in [6.45, 7) is 0.433. The number of thiophene rings is 1. The summed E-state index contributed by atoms with van der Waals surface area (Å²) < 4.78 is 6.88. The number of benzene rings is 1. The fourth-order valence-electron chi connectivity index (χ4n) is 1.60. The van der Waals surface area contributed by atoms with Crippen LogP contribution in [-0.2, 0) is 11.3 Å². The van der Waals surface area contributed by atoms with Crippen molar-refractivity contribution in [2.75, 3.05) is 12.4 Å². The van der Waals surface area contributed by atoms with Crippen molar-refractivity contribution < 1.29 is 9.53 Å². The topological polar surface area (TPSA) is 38.3 Å². The average molecular weight is 405 g/mol. The van der Waals surface area contributed by atoms with E-state index < -0.39 is 0 Å². The lowest BCUT2D eigenvalue weighted by molar-refractivity contribution is 0.102. The monoisotopic (exact) mass is 403 g/mol. The molecule has 1 heterocycles. The molecule has 0 aliphatic rings. The maximum Gasteiger partial charge on any atom is 0.266 e. The summed E-state index contributed by atoms with van der Waals surface area (Å²) in [4.78, 5) is 12.8. The number of carbonyl (C=O) groups excluding carboxylic acids is 1. The van der Waals surface area contributed by atoms with Crippen molar-refractivity contribution in [3.05, 3.63) is 49.0 Å². The third kappa shape index (κ3) is 3.45. The van der Waals surface area contributed by atoms with Crippen LogP contribution in [0, 0.1) is 0 Å². The predicted octanol–water partition coefficient (Wildman–Crippen LogP) is 4.67. The summed E-state index contributed by atoms with van der Waals surface area (Å²) in [7, 11) is 1.63. The Morgan fingerprint density at radius 3 is 2.74 bits per heavy atom. The van der Waals surface area contributed by atoms with Crippen molar-refractivity contribution in [2.45, 2.75) is 6.61 Å². The maximum atomic E-state index is 12.2.